The molecule has 1 aromatic heterocycles. The van der Waals surface area contributed by atoms with Crippen molar-refractivity contribution < 1.29 is 13.2 Å². The number of anilines is 1. The van der Waals surface area contributed by atoms with Crippen LogP contribution in [0.1, 0.15) is 12.0 Å². The second kappa shape index (κ2) is 7.94. The summed E-state index contributed by atoms with van der Waals surface area (Å²) in [6, 6.07) is 13.1. The summed E-state index contributed by atoms with van der Waals surface area (Å²) in [5, 5.41) is 0. The number of halogens is 3. The lowest BCUT2D eigenvalue weighted by atomic mass is 10.1. The van der Waals surface area contributed by atoms with Gasteiger partial charge in [-0.25, -0.2) is 4.79 Å². The lowest BCUT2D eigenvalue weighted by Crippen LogP contribution is -2.34. The van der Waals surface area contributed by atoms with Crippen molar-refractivity contribution in [2.75, 3.05) is 37.6 Å². The number of H-pyrrole nitrogens is 1. The van der Waals surface area contributed by atoms with Crippen LogP contribution >= 0.6 is 0 Å². The monoisotopic (exact) mass is 404 g/mol. The van der Waals surface area contributed by atoms with Crippen LogP contribution in [0.2, 0.25) is 0 Å². The highest BCUT2D eigenvalue weighted by Gasteiger charge is 2.31. The molecule has 1 aliphatic rings. The predicted octanol–water partition coefficient (Wildman–Crippen LogP) is 3.56. The minimum atomic E-state index is -4.33. The van der Waals surface area contributed by atoms with Gasteiger partial charge in [-0.1, -0.05) is 18.2 Å². The molecule has 8 heteroatoms. The fraction of sp³-hybridized carbons (Fsp3) is 0.381. The van der Waals surface area contributed by atoms with Crippen LogP contribution in [-0.4, -0.2) is 47.2 Å². The normalized spacial score (nSPS) is 16.3. The number of nitrogens with zero attached hydrogens (tertiary/aromatic N) is 3. The first-order valence-electron chi connectivity index (χ1n) is 9.74. The van der Waals surface area contributed by atoms with Crippen molar-refractivity contribution in [2.45, 2.75) is 19.1 Å². The van der Waals surface area contributed by atoms with Gasteiger partial charge in [-0.15, -0.1) is 0 Å². The van der Waals surface area contributed by atoms with Crippen LogP contribution in [0, 0.1) is 0 Å². The number of benzene rings is 2. The van der Waals surface area contributed by atoms with Crippen LogP contribution in [0.25, 0.3) is 11.0 Å². The number of fused-ring (bicyclic) bond motifs is 1. The van der Waals surface area contributed by atoms with E-state index in [9.17, 15) is 18.0 Å². The molecule has 2 aromatic carbocycles. The van der Waals surface area contributed by atoms with Crippen LogP contribution in [0.3, 0.4) is 0 Å². The molecule has 0 atom stereocenters. The third-order valence-electron chi connectivity index (χ3n) is 5.45. The number of hydrogen-bond acceptors (Lipinski definition) is 3. The van der Waals surface area contributed by atoms with Gasteiger partial charge >= 0.3 is 11.9 Å². The minimum Gasteiger partial charge on any atom is -0.370 e. The molecule has 154 valence electrons. The molecule has 1 N–H and O–H groups in total. The van der Waals surface area contributed by atoms with Crippen LogP contribution < -0.4 is 10.6 Å². The average molecular weight is 404 g/mol. The fourth-order valence-corrected chi connectivity index (χ4v) is 3.90. The van der Waals surface area contributed by atoms with Gasteiger partial charge in [-0.05, 0) is 43.3 Å². The standard InChI is InChI=1S/C21H23F3N4O/c22-21(23,24)16-5-3-6-17(15-16)27-10-4-9-26(11-13-27)12-14-28-19-8-2-1-7-18(19)25-20(28)29/h1-3,5-8,15H,4,9-14H2,(H,25,29). The number of rotatable bonds is 4. The van der Waals surface area contributed by atoms with Gasteiger partial charge in [-0.3, -0.25) is 9.47 Å². The summed E-state index contributed by atoms with van der Waals surface area (Å²) in [7, 11) is 0. The highest BCUT2D eigenvalue weighted by molar-refractivity contribution is 5.74. The molecule has 29 heavy (non-hydrogen) atoms. The van der Waals surface area contributed by atoms with Gasteiger partial charge in [-0.2, -0.15) is 13.2 Å². The molecule has 5 nitrogen and oxygen atoms in total. The Morgan fingerprint density at radius 2 is 1.76 bits per heavy atom. The van der Waals surface area contributed by atoms with Gasteiger partial charge in [0.15, 0.2) is 0 Å². The topological polar surface area (TPSA) is 44.3 Å². The molecular weight excluding hydrogens is 381 g/mol. The van der Waals surface area contributed by atoms with Gasteiger partial charge in [0.05, 0.1) is 16.6 Å². The number of nitrogens with one attached hydrogen (secondary N) is 1. The van der Waals surface area contributed by atoms with Crippen LogP contribution in [0.4, 0.5) is 18.9 Å². The molecule has 0 spiro atoms. The summed E-state index contributed by atoms with van der Waals surface area (Å²) < 4.78 is 40.7. The van der Waals surface area contributed by atoms with Crippen LogP contribution in [0.5, 0.6) is 0 Å². The molecule has 1 aliphatic heterocycles. The van der Waals surface area contributed by atoms with E-state index in [0.717, 1.165) is 43.2 Å². The quantitative estimate of drug-likeness (QED) is 0.723. The molecular formula is C21H23F3N4O. The summed E-state index contributed by atoms with van der Waals surface area (Å²) in [6.07, 6.45) is -3.47. The predicted molar refractivity (Wildman–Crippen MR) is 107 cm³/mol. The lowest BCUT2D eigenvalue weighted by molar-refractivity contribution is -0.137. The number of para-hydroxylation sites is 2. The summed E-state index contributed by atoms with van der Waals surface area (Å²) in [5.74, 6) is 0. The van der Waals surface area contributed by atoms with E-state index >= 15 is 0 Å². The molecule has 2 heterocycles. The Labute approximate surface area is 166 Å². The Bertz CT molecular complexity index is 1040. The molecule has 1 saturated heterocycles. The van der Waals surface area contributed by atoms with Crippen molar-refractivity contribution in [3.63, 3.8) is 0 Å². The molecule has 1 fully saturated rings. The van der Waals surface area contributed by atoms with E-state index in [-0.39, 0.29) is 5.69 Å². The highest BCUT2D eigenvalue weighted by Crippen LogP contribution is 2.31. The van der Waals surface area contributed by atoms with Gasteiger partial charge in [0.25, 0.3) is 0 Å². The lowest BCUT2D eigenvalue weighted by Gasteiger charge is -2.24. The zero-order valence-electron chi connectivity index (χ0n) is 16.0. The largest absolute Gasteiger partial charge is 0.416 e. The zero-order valence-corrected chi connectivity index (χ0v) is 16.0. The Kier molecular flexibility index (Phi) is 5.36. The minimum absolute atomic E-state index is 0.119. The molecule has 3 aromatic rings. The maximum Gasteiger partial charge on any atom is 0.416 e. The number of imidazole rings is 1. The average Bonchev–Trinajstić information content (AvgIpc) is 2.86. The first-order chi connectivity index (χ1) is 13.9. The fourth-order valence-electron chi connectivity index (χ4n) is 3.90. The molecule has 4 rings (SSSR count). The van der Waals surface area contributed by atoms with E-state index in [4.69, 9.17) is 0 Å². The molecule has 0 saturated carbocycles. The number of aromatic nitrogens is 2. The Hall–Kier alpha value is -2.74. The van der Waals surface area contributed by atoms with E-state index in [0.29, 0.717) is 25.3 Å². The summed E-state index contributed by atoms with van der Waals surface area (Å²) in [4.78, 5) is 19.4. The molecule has 0 unspecified atom stereocenters. The van der Waals surface area contributed by atoms with E-state index in [1.165, 1.54) is 12.1 Å². The summed E-state index contributed by atoms with van der Waals surface area (Å²) in [5.41, 5.74) is 1.58. The van der Waals surface area contributed by atoms with Crippen LogP contribution in [0.15, 0.2) is 53.3 Å². The molecule has 0 bridgehead atoms. The maximum absolute atomic E-state index is 13.0. The van der Waals surface area contributed by atoms with E-state index < -0.39 is 11.7 Å². The zero-order chi connectivity index (χ0) is 20.4. The van der Waals surface area contributed by atoms with Crippen molar-refractivity contribution in [2.24, 2.45) is 0 Å². The highest BCUT2D eigenvalue weighted by atomic mass is 19.4. The van der Waals surface area contributed by atoms with Crippen molar-refractivity contribution in [1.82, 2.24) is 14.5 Å². The van der Waals surface area contributed by atoms with Crippen molar-refractivity contribution in [1.29, 1.82) is 0 Å². The van der Waals surface area contributed by atoms with E-state index in [1.54, 1.807) is 10.6 Å². The third kappa shape index (κ3) is 4.32. The smallest absolute Gasteiger partial charge is 0.370 e. The van der Waals surface area contributed by atoms with E-state index in [2.05, 4.69) is 9.88 Å². The second-order valence-electron chi connectivity index (χ2n) is 7.33. The second-order valence-corrected chi connectivity index (χ2v) is 7.33. The number of aromatic amines is 1. The summed E-state index contributed by atoms with van der Waals surface area (Å²) in [6.45, 7) is 4.26. The Morgan fingerprint density at radius 3 is 2.59 bits per heavy atom. The van der Waals surface area contributed by atoms with Crippen LogP contribution in [-0.2, 0) is 12.7 Å². The third-order valence-corrected chi connectivity index (χ3v) is 5.45. The van der Waals surface area contributed by atoms with Crippen molar-refractivity contribution in [3.8, 4) is 0 Å². The molecule has 0 radical (unpaired) electrons. The van der Waals surface area contributed by atoms with Gasteiger partial charge in [0, 0.05) is 38.4 Å². The molecule has 0 aliphatic carbocycles. The van der Waals surface area contributed by atoms with E-state index in [1.807, 2.05) is 29.2 Å². The summed E-state index contributed by atoms with van der Waals surface area (Å²) >= 11 is 0. The first-order valence-corrected chi connectivity index (χ1v) is 9.74. The van der Waals surface area contributed by atoms with Gasteiger partial charge in [0.1, 0.15) is 0 Å². The van der Waals surface area contributed by atoms with Crippen molar-refractivity contribution in [3.05, 3.63) is 64.6 Å². The Balaban J connectivity index is 1.40. The maximum atomic E-state index is 13.0. The van der Waals surface area contributed by atoms with Gasteiger partial charge in [0.2, 0.25) is 0 Å². The SMILES string of the molecule is O=c1[nH]c2ccccc2n1CCN1CCCN(c2cccc(C(F)(F)F)c2)CC1. The number of alkyl halides is 3. The first kappa shape index (κ1) is 19.6. The Morgan fingerprint density at radius 1 is 0.931 bits per heavy atom. The van der Waals surface area contributed by atoms with Crippen molar-refractivity contribution >= 4 is 16.7 Å². The van der Waals surface area contributed by atoms with Gasteiger partial charge < -0.3 is 9.88 Å². The molecule has 0 amide bonds. The number of hydrogen-bond donors (Lipinski definition) is 1.